The summed E-state index contributed by atoms with van der Waals surface area (Å²) in [6, 6.07) is 14.4. The Balaban J connectivity index is 1.31. The molecule has 3 aromatic rings. The molecule has 1 aliphatic heterocycles. The smallest absolute Gasteiger partial charge is 0.254 e. The molecule has 4 rings (SSSR count). The molecule has 1 amide bonds. The maximum absolute atomic E-state index is 12.5. The van der Waals surface area contributed by atoms with Gasteiger partial charge in [0.05, 0.1) is 15.6 Å². The third-order valence-corrected chi connectivity index (χ3v) is 7.74. The second kappa shape index (κ2) is 12.9. The highest BCUT2D eigenvalue weighted by molar-refractivity contribution is 9.10. The van der Waals surface area contributed by atoms with Crippen LogP contribution >= 0.6 is 39.1 Å². The number of ether oxygens (including phenoxy) is 1. The van der Waals surface area contributed by atoms with Gasteiger partial charge in [0.1, 0.15) is 6.10 Å². The number of benzene rings is 1. The van der Waals surface area contributed by atoms with Crippen LogP contribution in [0.5, 0.6) is 5.88 Å². The molecule has 2 aromatic heterocycles. The third kappa shape index (κ3) is 6.97. The molecule has 190 valence electrons. The minimum atomic E-state index is -0.276. The lowest BCUT2D eigenvalue weighted by atomic mass is 9.86. The van der Waals surface area contributed by atoms with E-state index in [0.717, 1.165) is 42.4 Å². The van der Waals surface area contributed by atoms with Gasteiger partial charge in [0.15, 0.2) is 0 Å². The Hall–Kier alpha value is -2.19. The number of piperidine rings is 1. The molecule has 0 aliphatic carbocycles. The number of aromatic nitrogens is 2. The van der Waals surface area contributed by atoms with Crippen LogP contribution in [0.4, 0.5) is 0 Å². The zero-order valence-electron chi connectivity index (χ0n) is 20.0. The number of pyridine rings is 2. The lowest BCUT2D eigenvalue weighted by Crippen LogP contribution is -2.43. The second-order valence-corrected chi connectivity index (χ2v) is 10.7. The standard InChI is InChI=1S/C27H29BrCl2N4O2/c1-18(9-13-33-27(35)25-22(29)16-31-17-23(25)30)34-14-10-20(11-15-34)26(19-5-7-21(28)8-6-19)36-24-4-2-3-12-32-24/h2-8,12,16-18,20,26H,9-11,13-15H2,1H3,(H,33,35)/t18?,26-/m0/s1. The first kappa shape index (κ1) is 26.9. The fourth-order valence-electron chi connectivity index (χ4n) is 4.59. The highest BCUT2D eigenvalue weighted by Crippen LogP contribution is 2.35. The molecule has 0 radical (unpaired) electrons. The average Bonchev–Trinajstić information content (AvgIpc) is 2.88. The molecule has 1 N–H and O–H groups in total. The zero-order valence-corrected chi connectivity index (χ0v) is 23.1. The number of nitrogens with one attached hydrogen (secondary N) is 1. The summed E-state index contributed by atoms with van der Waals surface area (Å²) in [6.07, 6.45) is 7.42. The van der Waals surface area contributed by atoms with Gasteiger partial charge in [-0.3, -0.25) is 9.78 Å². The van der Waals surface area contributed by atoms with Gasteiger partial charge in [-0.1, -0.05) is 57.3 Å². The number of rotatable bonds is 9. The van der Waals surface area contributed by atoms with Gasteiger partial charge in [0.25, 0.3) is 5.91 Å². The molecule has 1 saturated heterocycles. The van der Waals surface area contributed by atoms with E-state index >= 15 is 0 Å². The summed E-state index contributed by atoms with van der Waals surface area (Å²) in [5, 5.41) is 3.44. The van der Waals surface area contributed by atoms with Crippen molar-refractivity contribution in [1.82, 2.24) is 20.2 Å². The Labute approximate surface area is 230 Å². The van der Waals surface area contributed by atoms with Gasteiger partial charge in [-0.2, -0.15) is 0 Å². The number of likely N-dealkylation sites (tertiary alicyclic amines) is 1. The Bertz CT molecular complexity index is 1120. The van der Waals surface area contributed by atoms with Crippen molar-refractivity contribution in [1.29, 1.82) is 0 Å². The van der Waals surface area contributed by atoms with Gasteiger partial charge in [-0.25, -0.2) is 4.98 Å². The average molecular weight is 592 g/mol. The molecular formula is C27H29BrCl2N4O2. The van der Waals surface area contributed by atoms with E-state index in [2.05, 4.69) is 67.3 Å². The van der Waals surface area contributed by atoms with Gasteiger partial charge < -0.3 is 15.0 Å². The van der Waals surface area contributed by atoms with Crippen molar-refractivity contribution >= 4 is 45.0 Å². The molecule has 9 heteroatoms. The van der Waals surface area contributed by atoms with Gasteiger partial charge in [-0.15, -0.1) is 0 Å². The molecule has 6 nitrogen and oxygen atoms in total. The lowest BCUT2D eigenvalue weighted by molar-refractivity contribution is 0.0580. The van der Waals surface area contributed by atoms with E-state index in [-0.39, 0.29) is 27.6 Å². The Morgan fingerprint density at radius 2 is 1.83 bits per heavy atom. The van der Waals surface area contributed by atoms with Crippen LogP contribution in [-0.2, 0) is 0 Å². The SMILES string of the molecule is CC(CCNC(=O)c1c(Cl)cncc1Cl)N1CCC([C@@H](Oc2ccccn2)c2ccc(Br)cc2)CC1. The number of carbonyl (C=O) groups excluding carboxylic acids is 1. The fraction of sp³-hybridized carbons (Fsp3) is 0.370. The summed E-state index contributed by atoms with van der Waals surface area (Å²) in [5.41, 5.74) is 1.43. The minimum absolute atomic E-state index is 0.0559. The van der Waals surface area contributed by atoms with Crippen molar-refractivity contribution in [2.45, 2.75) is 38.3 Å². The molecule has 3 heterocycles. The molecule has 0 bridgehead atoms. The van der Waals surface area contributed by atoms with E-state index in [1.165, 1.54) is 12.4 Å². The summed E-state index contributed by atoms with van der Waals surface area (Å²) in [5.74, 6) is 0.751. The minimum Gasteiger partial charge on any atom is -0.469 e. The number of nitrogens with zero attached hydrogens (tertiary/aromatic N) is 3. The van der Waals surface area contributed by atoms with Gasteiger partial charge in [0, 0.05) is 47.6 Å². The Morgan fingerprint density at radius 1 is 1.14 bits per heavy atom. The first-order chi connectivity index (χ1) is 17.4. The van der Waals surface area contributed by atoms with Crippen LogP contribution in [0, 0.1) is 5.92 Å². The van der Waals surface area contributed by atoms with Crippen molar-refractivity contribution in [3.8, 4) is 5.88 Å². The third-order valence-electron chi connectivity index (χ3n) is 6.64. The van der Waals surface area contributed by atoms with E-state index in [1.54, 1.807) is 6.20 Å². The van der Waals surface area contributed by atoms with Crippen molar-refractivity contribution in [3.05, 3.63) is 86.7 Å². The Morgan fingerprint density at radius 3 is 2.47 bits per heavy atom. The molecule has 1 aromatic carbocycles. The Kier molecular flexibility index (Phi) is 9.60. The number of hydrogen-bond acceptors (Lipinski definition) is 5. The lowest BCUT2D eigenvalue weighted by Gasteiger charge is -2.39. The van der Waals surface area contributed by atoms with Crippen LogP contribution in [0.25, 0.3) is 0 Å². The summed E-state index contributed by atoms with van der Waals surface area (Å²) in [4.78, 5) is 23.3. The number of halogens is 3. The van der Waals surface area contributed by atoms with Crippen LogP contribution in [-0.4, -0.2) is 46.5 Å². The van der Waals surface area contributed by atoms with Crippen molar-refractivity contribution in [2.24, 2.45) is 5.92 Å². The number of carbonyl (C=O) groups is 1. The number of hydrogen-bond donors (Lipinski definition) is 1. The second-order valence-electron chi connectivity index (χ2n) is 9.00. The van der Waals surface area contributed by atoms with Crippen LogP contribution < -0.4 is 10.1 Å². The van der Waals surface area contributed by atoms with Crippen molar-refractivity contribution in [2.75, 3.05) is 19.6 Å². The molecule has 36 heavy (non-hydrogen) atoms. The molecule has 0 spiro atoms. The van der Waals surface area contributed by atoms with Crippen LogP contribution in [0.15, 0.2) is 65.5 Å². The highest BCUT2D eigenvalue weighted by atomic mass is 79.9. The topological polar surface area (TPSA) is 67.4 Å². The van der Waals surface area contributed by atoms with Crippen LogP contribution in [0.2, 0.25) is 10.0 Å². The fourth-order valence-corrected chi connectivity index (χ4v) is 5.39. The summed E-state index contributed by atoms with van der Waals surface area (Å²) >= 11 is 15.7. The molecule has 1 aliphatic rings. The number of amides is 1. The molecular weight excluding hydrogens is 563 g/mol. The van der Waals surface area contributed by atoms with E-state index in [1.807, 2.05) is 18.2 Å². The largest absolute Gasteiger partial charge is 0.469 e. The maximum Gasteiger partial charge on any atom is 0.254 e. The van der Waals surface area contributed by atoms with E-state index < -0.39 is 0 Å². The predicted octanol–water partition coefficient (Wildman–Crippen LogP) is 6.59. The first-order valence-electron chi connectivity index (χ1n) is 12.1. The van der Waals surface area contributed by atoms with Crippen LogP contribution in [0.3, 0.4) is 0 Å². The van der Waals surface area contributed by atoms with Gasteiger partial charge >= 0.3 is 0 Å². The van der Waals surface area contributed by atoms with Crippen molar-refractivity contribution in [3.63, 3.8) is 0 Å². The van der Waals surface area contributed by atoms with E-state index in [9.17, 15) is 4.79 Å². The summed E-state index contributed by atoms with van der Waals surface area (Å²) in [6.45, 7) is 4.69. The first-order valence-corrected chi connectivity index (χ1v) is 13.6. The van der Waals surface area contributed by atoms with Crippen molar-refractivity contribution < 1.29 is 9.53 Å². The molecule has 1 unspecified atom stereocenters. The van der Waals surface area contributed by atoms with Gasteiger partial charge in [-0.05, 0) is 63.0 Å². The summed E-state index contributed by atoms with van der Waals surface area (Å²) < 4.78 is 7.46. The highest BCUT2D eigenvalue weighted by Gasteiger charge is 2.31. The monoisotopic (exact) mass is 590 g/mol. The predicted molar refractivity (Wildman–Crippen MR) is 147 cm³/mol. The van der Waals surface area contributed by atoms with E-state index in [4.69, 9.17) is 27.9 Å². The quantitative estimate of drug-likeness (QED) is 0.304. The van der Waals surface area contributed by atoms with Gasteiger partial charge in [0.2, 0.25) is 5.88 Å². The maximum atomic E-state index is 12.5. The normalized spacial score (nSPS) is 16.3. The summed E-state index contributed by atoms with van der Waals surface area (Å²) in [7, 11) is 0. The molecule has 0 saturated carbocycles. The molecule has 2 atom stereocenters. The molecule has 1 fully saturated rings. The van der Waals surface area contributed by atoms with E-state index in [0.29, 0.717) is 24.4 Å². The van der Waals surface area contributed by atoms with Crippen LogP contribution in [0.1, 0.15) is 48.2 Å². The zero-order chi connectivity index (χ0) is 25.5.